The third-order valence-electron chi connectivity index (χ3n) is 6.60. The SMILES string of the molecule is O=C1Nc2ccccc2C(c2ccccc2)=N[C@@H]1Nc1nnc(-c2cnc(-n3cncn3)nc2N2CCOCC2)o1. The van der Waals surface area contributed by atoms with E-state index in [0.29, 0.717) is 55.0 Å². The Morgan fingerprint density at radius 1 is 0.976 bits per heavy atom. The molecule has 0 unspecified atom stereocenters. The molecule has 0 aliphatic carbocycles. The molecule has 14 heteroatoms. The van der Waals surface area contributed by atoms with E-state index in [0.717, 1.165) is 11.1 Å². The van der Waals surface area contributed by atoms with Gasteiger partial charge >= 0.3 is 6.01 Å². The summed E-state index contributed by atoms with van der Waals surface area (Å²) in [6.07, 6.45) is 3.51. The summed E-state index contributed by atoms with van der Waals surface area (Å²) in [5, 5.41) is 18.5. The summed E-state index contributed by atoms with van der Waals surface area (Å²) < 4.78 is 13.0. The Morgan fingerprint density at radius 2 is 1.80 bits per heavy atom. The molecule has 14 nitrogen and oxygen atoms in total. The van der Waals surface area contributed by atoms with Crippen LogP contribution >= 0.6 is 0 Å². The second kappa shape index (κ2) is 10.6. The van der Waals surface area contributed by atoms with E-state index in [1.54, 1.807) is 6.20 Å². The molecule has 0 radical (unpaired) electrons. The van der Waals surface area contributed by atoms with Gasteiger partial charge < -0.3 is 24.7 Å². The summed E-state index contributed by atoms with van der Waals surface area (Å²) in [5.74, 6) is 0.764. The minimum absolute atomic E-state index is 0.0237. The quantitative estimate of drug-likeness (QED) is 0.319. The summed E-state index contributed by atoms with van der Waals surface area (Å²) in [5.41, 5.74) is 3.53. The van der Waals surface area contributed by atoms with Gasteiger partial charge in [0, 0.05) is 30.4 Å². The molecule has 2 N–H and O–H groups in total. The second-order valence-corrected chi connectivity index (χ2v) is 9.18. The molecule has 3 aromatic heterocycles. The fourth-order valence-corrected chi connectivity index (χ4v) is 4.64. The summed E-state index contributed by atoms with van der Waals surface area (Å²) in [6, 6.07) is 17.2. The monoisotopic (exact) mass is 549 g/mol. The number of anilines is 3. The van der Waals surface area contributed by atoms with E-state index in [1.807, 2.05) is 54.6 Å². The molecule has 41 heavy (non-hydrogen) atoms. The number of nitrogens with one attached hydrogen (secondary N) is 2. The normalized spacial score (nSPS) is 16.9. The van der Waals surface area contributed by atoms with E-state index in [9.17, 15) is 4.79 Å². The average molecular weight is 550 g/mol. The van der Waals surface area contributed by atoms with Gasteiger partial charge in [0.05, 0.1) is 30.2 Å². The molecular weight excluding hydrogens is 526 g/mol. The number of rotatable bonds is 6. The van der Waals surface area contributed by atoms with Gasteiger partial charge in [-0.25, -0.2) is 15.0 Å². The largest absolute Gasteiger partial charge is 0.403 e. The molecule has 5 aromatic rings. The van der Waals surface area contributed by atoms with E-state index in [4.69, 9.17) is 19.1 Å². The van der Waals surface area contributed by atoms with Crippen LogP contribution in [0.2, 0.25) is 0 Å². The molecule has 2 aromatic carbocycles. The van der Waals surface area contributed by atoms with E-state index in [2.05, 4.69) is 40.8 Å². The Labute approximate surface area is 233 Å². The number of benzodiazepines with no additional fused rings is 1. The van der Waals surface area contributed by atoms with Gasteiger partial charge in [0.15, 0.2) is 0 Å². The van der Waals surface area contributed by atoms with Crippen molar-refractivity contribution in [2.75, 3.05) is 41.8 Å². The molecule has 2 aliphatic rings. The van der Waals surface area contributed by atoms with Crippen LogP contribution in [-0.2, 0) is 9.53 Å². The zero-order valence-electron chi connectivity index (χ0n) is 21.6. The third-order valence-corrected chi connectivity index (χ3v) is 6.60. The van der Waals surface area contributed by atoms with Crippen molar-refractivity contribution in [1.82, 2.24) is 34.9 Å². The van der Waals surface area contributed by atoms with Crippen molar-refractivity contribution in [3.8, 4) is 17.4 Å². The standard InChI is InChI=1S/C27H23N11O3/c39-24-22(32-21(17-6-2-1-3-7-17)18-8-4-5-9-20(18)31-24)33-27-36-35-25(41-27)19-14-29-26(38-16-28-15-30-38)34-23(19)37-10-12-40-13-11-37/h1-9,14-16,22H,10-13H2,(H,31,39)(H,33,36)/t22-/m1/s1. The number of carbonyl (C=O) groups is 1. The van der Waals surface area contributed by atoms with Crippen LogP contribution in [0.4, 0.5) is 17.5 Å². The number of aliphatic imine (C=N–C) groups is 1. The fourth-order valence-electron chi connectivity index (χ4n) is 4.64. The van der Waals surface area contributed by atoms with Crippen LogP contribution in [0.1, 0.15) is 11.1 Å². The number of ether oxygens (including phenoxy) is 1. The number of amides is 1. The summed E-state index contributed by atoms with van der Waals surface area (Å²) in [6.45, 7) is 2.36. The number of nitrogens with zero attached hydrogens (tertiary/aromatic N) is 9. The van der Waals surface area contributed by atoms with Gasteiger partial charge in [0.1, 0.15) is 18.5 Å². The van der Waals surface area contributed by atoms with Gasteiger partial charge in [-0.15, -0.1) is 5.10 Å². The van der Waals surface area contributed by atoms with Crippen molar-refractivity contribution in [2.24, 2.45) is 4.99 Å². The predicted octanol–water partition coefficient (Wildman–Crippen LogP) is 2.17. The number of benzene rings is 2. The first-order valence-corrected chi connectivity index (χ1v) is 12.9. The van der Waals surface area contributed by atoms with Gasteiger partial charge in [0.25, 0.3) is 17.7 Å². The zero-order valence-corrected chi connectivity index (χ0v) is 21.6. The third kappa shape index (κ3) is 4.87. The first-order chi connectivity index (χ1) is 20.2. The van der Waals surface area contributed by atoms with Gasteiger partial charge in [-0.05, 0) is 6.07 Å². The van der Waals surface area contributed by atoms with Crippen LogP contribution in [0.25, 0.3) is 17.4 Å². The molecule has 7 rings (SSSR count). The number of fused-ring (bicyclic) bond motifs is 1. The molecule has 1 amide bonds. The van der Waals surface area contributed by atoms with Crippen molar-refractivity contribution < 1.29 is 13.9 Å². The molecule has 0 spiro atoms. The molecule has 1 fully saturated rings. The van der Waals surface area contributed by atoms with Gasteiger partial charge in [-0.3, -0.25) is 4.79 Å². The number of hydrogen-bond acceptors (Lipinski definition) is 12. The van der Waals surface area contributed by atoms with Crippen molar-refractivity contribution in [2.45, 2.75) is 6.17 Å². The Bertz CT molecular complexity index is 1710. The predicted molar refractivity (Wildman–Crippen MR) is 148 cm³/mol. The minimum atomic E-state index is -1.03. The summed E-state index contributed by atoms with van der Waals surface area (Å²) >= 11 is 0. The number of aromatic nitrogens is 7. The van der Waals surface area contributed by atoms with Crippen LogP contribution in [-0.4, -0.2) is 79.0 Å². The Kier molecular flexibility index (Phi) is 6.33. The maximum Gasteiger partial charge on any atom is 0.317 e. The van der Waals surface area contributed by atoms with Crippen LogP contribution in [0.5, 0.6) is 0 Å². The van der Waals surface area contributed by atoms with Crippen LogP contribution in [0.15, 0.2) is 82.9 Å². The lowest BCUT2D eigenvalue weighted by molar-refractivity contribution is -0.116. The van der Waals surface area contributed by atoms with E-state index in [1.165, 1.54) is 17.3 Å². The van der Waals surface area contributed by atoms with Crippen molar-refractivity contribution in [3.05, 3.63) is 84.6 Å². The Balaban J connectivity index is 1.22. The number of carbonyl (C=O) groups excluding carboxylic acids is 1. The molecule has 5 heterocycles. The van der Waals surface area contributed by atoms with Gasteiger partial charge in [-0.2, -0.15) is 14.8 Å². The van der Waals surface area contributed by atoms with Crippen LogP contribution in [0.3, 0.4) is 0 Å². The van der Waals surface area contributed by atoms with Crippen LogP contribution < -0.4 is 15.5 Å². The highest BCUT2D eigenvalue weighted by molar-refractivity contribution is 6.19. The highest BCUT2D eigenvalue weighted by Gasteiger charge is 2.28. The van der Waals surface area contributed by atoms with Crippen molar-refractivity contribution >= 4 is 29.1 Å². The first kappa shape index (κ1) is 24.5. The maximum absolute atomic E-state index is 13.2. The Morgan fingerprint density at radius 3 is 2.63 bits per heavy atom. The molecular formula is C27H23N11O3. The lowest BCUT2D eigenvalue weighted by atomic mass is 10.0. The van der Waals surface area contributed by atoms with Gasteiger partial charge in [-0.1, -0.05) is 53.6 Å². The fraction of sp³-hybridized carbons (Fsp3) is 0.185. The van der Waals surface area contributed by atoms with E-state index in [-0.39, 0.29) is 17.8 Å². The molecule has 1 saturated heterocycles. The second-order valence-electron chi connectivity index (χ2n) is 9.18. The van der Waals surface area contributed by atoms with E-state index >= 15 is 0 Å². The molecule has 204 valence electrons. The Hall–Kier alpha value is -5.50. The number of hydrogen-bond donors (Lipinski definition) is 2. The average Bonchev–Trinajstić information content (AvgIpc) is 3.71. The lowest BCUT2D eigenvalue weighted by Crippen LogP contribution is -2.37. The van der Waals surface area contributed by atoms with E-state index < -0.39 is 6.17 Å². The highest BCUT2D eigenvalue weighted by atomic mass is 16.5. The number of para-hydroxylation sites is 1. The van der Waals surface area contributed by atoms with Crippen molar-refractivity contribution in [3.63, 3.8) is 0 Å². The summed E-state index contributed by atoms with van der Waals surface area (Å²) in [7, 11) is 0. The zero-order chi connectivity index (χ0) is 27.6. The smallest absolute Gasteiger partial charge is 0.317 e. The lowest BCUT2D eigenvalue weighted by Gasteiger charge is -2.28. The first-order valence-electron chi connectivity index (χ1n) is 12.9. The molecule has 1 atom stereocenters. The molecule has 0 bridgehead atoms. The van der Waals surface area contributed by atoms with Crippen LogP contribution in [0, 0.1) is 0 Å². The van der Waals surface area contributed by atoms with Crippen molar-refractivity contribution in [1.29, 1.82) is 0 Å². The summed E-state index contributed by atoms with van der Waals surface area (Å²) in [4.78, 5) is 33.2. The maximum atomic E-state index is 13.2. The topological polar surface area (TPSA) is 161 Å². The van der Waals surface area contributed by atoms with Gasteiger partial charge in [0.2, 0.25) is 6.17 Å². The highest BCUT2D eigenvalue weighted by Crippen LogP contribution is 2.30. The number of morpholine rings is 1. The minimum Gasteiger partial charge on any atom is -0.403 e. The molecule has 2 aliphatic heterocycles. The molecule has 0 saturated carbocycles.